The van der Waals surface area contributed by atoms with Crippen LogP contribution in [-0.4, -0.2) is 12.6 Å². The number of carbonyl (C=O) groups is 1. The smallest absolute Gasteiger partial charge is 0.306 e. The van der Waals surface area contributed by atoms with Gasteiger partial charge in [0.05, 0.1) is 6.61 Å². The van der Waals surface area contributed by atoms with Crippen LogP contribution in [0.5, 0.6) is 5.75 Å². The Morgan fingerprint density at radius 2 is 0.978 bits per heavy atom. The second-order valence-electron chi connectivity index (χ2n) is 13.1. The van der Waals surface area contributed by atoms with Crippen molar-refractivity contribution in [2.45, 2.75) is 149 Å². The highest BCUT2D eigenvalue weighted by Crippen LogP contribution is 2.34. The summed E-state index contributed by atoms with van der Waals surface area (Å²) in [6.07, 6.45) is 23.3. The highest BCUT2D eigenvalue weighted by atomic mass is 16.5. The Morgan fingerprint density at radius 1 is 0.543 bits per heavy atom. The second kappa shape index (κ2) is 23.3. The number of unbranched alkanes of at least 4 members (excludes halogenated alkanes) is 16. The van der Waals surface area contributed by atoms with E-state index < -0.39 is 0 Å². The van der Waals surface area contributed by atoms with E-state index in [4.69, 9.17) is 9.47 Å². The van der Waals surface area contributed by atoms with Gasteiger partial charge in [-0.05, 0) is 59.7 Å². The van der Waals surface area contributed by atoms with Crippen LogP contribution in [0.2, 0.25) is 0 Å². The molecule has 0 heterocycles. The molecular weight excluding hydrogens is 564 g/mol. The van der Waals surface area contributed by atoms with Crippen molar-refractivity contribution >= 4 is 5.97 Å². The molecule has 0 radical (unpaired) electrons. The van der Waals surface area contributed by atoms with Gasteiger partial charge in [-0.3, -0.25) is 4.79 Å². The van der Waals surface area contributed by atoms with E-state index >= 15 is 0 Å². The number of esters is 1. The van der Waals surface area contributed by atoms with Crippen molar-refractivity contribution in [2.24, 2.45) is 0 Å². The average Bonchev–Trinajstić information content (AvgIpc) is 3.08. The standard InChI is InChI=1S/C43H62O3/c1-4-6-8-10-12-14-15-16-18-20-26-43(44)46-36(3)37-27-29-38(30-28-37)41-24-21-22-25-42(41)39-31-33-40(34-32-39)45-35-23-19-17-13-11-9-7-5-2/h21-22,24-25,27-34,36H,4-20,23,26,35H2,1-3H3. The first-order valence-corrected chi connectivity index (χ1v) is 18.7. The van der Waals surface area contributed by atoms with Crippen LogP contribution < -0.4 is 4.74 Å². The molecule has 0 bridgehead atoms. The van der Waals surface area contributed by atoms with Gasteiger partial charge in [-0.1, -0.05) is 177 Å². The van der Waals surface area contributed by atoms with Crippen molar-refractivity contribution in [3.8, 4) is 28.0 Å². The molecule has 0 saturated carbocycles. The molecule has 46 heavy (non-hydrogen) atoms. The minimum Gasteiger partial charge on any atom is -0.494 e. The predicted molar refractivity (Wildman–Crippen MR) is 196 cm³/mol. The molecule has 1 unspecified atom stereocenters. The zero-order valence-corrected chi connectivity index (χ0v) is 29.4. The van der Waals surface area contributed by atoms with Crippen molar-refractivity contribution in [1.29, 1.82) is 0 Å². The van der Waals surface area contributed by atoms with Gasteiger partial charge in [0.15, 0.2) is 0 Å². The largest absolute Gasteiger partial charge is 0.494 e. The van der Waals surface area contributed by atoms with E-state index in [0.29, 0.717) is 6.42 Å². The average molecular weight is 627 g/mol. The minimum atomic E-state index is -0.252. The van der Waals surface area contributed by atoms with Crippen molar-refractivity contribution in [2.75, 3.05) is 6.61 Å². The van der Waals surface area contributed by atoms with Crippen LogP contribution in [0.3, 0.4) is 0 Å². The zero-order valence-electron chi connectivity index (χ0n) is 29.4. The van der Waals surface area contributed by atoms with Gasteiger partial charge in [0.2, 0.25) is 0 Å². The maximum absolute atomic E-state index is 12.5. The van der Waals surface area contributed by atoms with Gasteiger partial charge in [-0.2, -0.15) is 0 Å². The van der Waals surface area contributed by atoms with Crippen LogP contribution >= 0.6 is 0 Å². The van der Waals surface area contributed by atoms with Crippen LogP contribution in [0, 0.1) is 0 Å². The summed E-state index contributed by atoms with van der Waals surface area (Å²) >= 11 is 0. The summed E-state index contributed by atoms with van der Waals surface area (Å²) in [5, 5.41) is 0. The lowest BCUT2D eigenvalue weighted by molar-refractivity contribution is -0.148. The zero-order chi connectivity index (χ0) is 32.7. The Balaban J connectivity index is 1.41. The van der Waals surface area contributed by atoms with Gasteiger partial charge in [0.25, 0.3) is 0 Å². The van der Waals surface area contributed by atoms with E-state index in [1.54, 1.807) is 0 Å². The summed E-state index contributed by atoms with van der Waals surface area (Å²) in [6, 6.07) is 25.5. The van der Waals surface area contributed by atoms with Crippen LogP contribution in [0.4, 0.5) is 0 Å². The van der Waals surface area contributed by atoms with Crippen molar-refractivity contribution < 1.29 is 14.3 Å². The van der Waals surface area contributed by atoms with Gasteiger partial charge >= 0.3 is 5.97 Å². The first-order valence-electron chi connectivity index (χ1n) is 18.7. The molecule has 0 fully saturated rings. The minimum absolute atomic E-state index is 0.0910. The molecule has 0 spiro atoms. The van der Waals surface area contributed by atoms with E-state index in [9.17, 15) is 4.79 Å². The summed E-state index contributed by atoms with van der Waals surface area (Å²) in [5.41, 5.74) is 5.73. The quantitative estimate of drug-likeness (QED) is 0.0693. The van der Waals surface area contributed by atoms with Crippen molar-refractivity contribution in [3.05, 3.63) is 78.4 Å². The molecule has 3 aromatic rings. The summed E-state index contributed by atoms with van der Waals surface area (Å²) in [5.74, 6) is 0.844. The molecule has 0 amide bonds. The van der Waals surface area contributed by atoms with Crippen molar-refractivity contribution in [3.63, 3.8) is 0 Å². The molecule has 3 nitrogen and oxygen atoms in total. The maximum atomic E-state index is 12.5. The Labute approximate surface area is 281 Å². The summed E-state index contributed by atoms with van der Waals surface area (Å²) in [6.45, 7) is 7.28. The fourth-order valence-corrected chi connectivity index (χ4v) is 6.16. The number of benzene rings is 3. The summed E-state index contributed by atoms with van der Waals surface area (Å²) in [7, 11) is 0. The molecule has 252 valence electrons. The molecule has 0 aliphatic rings. The summed E-state index contributed by atoms with van der Waals surface area (Å²) < 4.78 is 11.8. The number of ether oxygens (including phenoxy) is 2. The molecule has 3 heteroatoms. The van der Waals surface area contributed by atoms with E-state index in [1.165, 1.54) is 113 Å². The summed E-state index contributed by atoms with van der Waals surface area (Å²) in [4.78, 5) is 12.5. The lowest BCUT2D eigenvalue weighted by Crippen LogP contribution is -2.08. The number of carbonyl (C=O) groups excluding carboxylic acids is 1. The Bertz CT molecular complexity index is 1200. The van der Waals surface area contributed by atoms with E-state index in [0.717, 1.165) is 42.7 Å². The van der Waals surface area contributed by atoms with E-state index in [1.807, 2.05) is 6.92 Å². The highest BCUT2D eigenvalue weighted by Gasteiger charge is 2.13. The van der Waals surface area contributed by atoms with E-state index in [-0.39, 0.29) is 12.1 Å². The molecule has 0 aromatic heterocycles. The fourth-order valence-electron chi connectivity index (χ4n) is 6.16. The molecule has 1 atom stereocenters. The normalized spacial score (nSPS) is 11.8. The SMILES string of the molecule is CCCCCCCCCCCCC(=O)OC(C)c1ccc(-c2ccccc2-c2ccc(OCCCCCCCCCC)cc2)cc1. The van der Waals surface area contributed by atoms with Crippen LogP contribution in [0.1, 0.15) is 154 Å². The lowest BCUT2D eigenvalue weighted by Gasteiger charge is -2.15. The van der Waals surface area contributed by atoms with Crippen LogP contribution in [-0.2, 0) is 9.53 Å². The molecule has 0 saturated heterocycles. The topological polar surface area (TPSA) is 35.5 Å². The lowest BCUT2D eigenvalue weighted by atomic mass is 9.93. The van der Waals surface area contributed by atoms with Gasteiger partial charge in [0, 0.05) is 6.42 Å². The third-order valence-corrected chi connectivity index (χ3v) is 9.09. The first-order chi connectivity index (χ1) is 22.6. The maximum Gasteiger partial charge on any atom is 0.306 e. The Kier molecular flexibility index (Phi) is 18.9. The molecule has 3 rings (SSSR count). The van der Waals surface area contributed by atoms with Crippen LogP contribution in [0.15, 0.2) is 72.8 Å². The Hall–Kier alpha value is -3.07. The highest BCUT2D eigenvalue weighted by molar-refractivity contribution is 5.83. The molecule has 0 aliphatic heterocycles. The van der Waals surface area contributed by atoms with Gasteiger partial charge in [0.1, 0.15) is 11.9 Å². The van der Waals surface area contributed by atoms with Crippen molar-refractivity contribution in [1.82, 2.24) is 0 Å². The fraction of sp³-hybridized carbons (Fsp3) is 0.558. The van der Waals surface area contributed by atoms with Crippen LogP contribution in [0.25, 0.3) is 22.3 Å². The predicted octanol–water partition coefficient (Wildman–Crippen LogP) is 13.5. The monoisotopic (exact) mass is 626 g/mol. The molecule has 0 N–H and O–H groups in total. The number of rotatable bonds is 25. The third kappa shape index (κ3) is 14.6. The molecule has 0 aliphatic carbocycles. The van der Waals surface area contributed by atoms with Gasteiger partial charge in [-0.15, -0.1) is 0 Å². The first kappa shape index (κ1) is 37.4. The molecule has 3 aromatic carbocycles. The number of hydrogen-bond acceptors (Lipinski definition) is 3. The molecular formula is C43H62O3. The van der Waals surface area contributed by atoms with E-state index in [2.05, 4.69) is 86.6 Å². The second-order valence-corrected chi connectivity index (χ2v) is 13.1. The number of hydrogen-bond donors (Lipinski definition) is 0. The third-order valence-electron chi connectivity index (χ3n) is 9.09. The van der Waals surface area contributed by atoms with Gasteiger partial charge in [-0.25, -0.2) is 0 Å². The van der Waals surface area contributed by atoms with Gasteiger partial charge < -0.3 is 9.47 Å². The Morgan fingerprint density at radius 3 is 1.48 bits per heavy atom.